The van der Waals surface area contributed by atoms with Crippen LogP contribution in [0.2, 0.25) is 0 Å². The highest BCUT2D eigenvalue weighted by molar-refractivity contribution is 5.66. The van der Waals surface area contributed by atoms with Crippen molar-refractivity contribution in [2.45, 2.75) is 38.7 Å². The summed E-state index contributed by atoms with van der Waals surface area (Å²) in [6.07, 6.45) is 4.50. The van der Waals surface area contributed by atoms with Crippen LogP contribution in [-0.2, 0) is 4.74 Å². The van der Waals surface area contributed by atoms with Crippen molar-refractivity contribution in [3.8, 4) is 0 Å². The number of hydrogen-bond donors (Lipinski definition) is 1. The van der Waals surface area contributed by atoms with Gasteiger partial charge in [0.15, 0.2) is 0 Å². The Hall–Kier alpha value is -0.730. The van der Waals surface area contributed by atoms with Crippen LogP contribution < -0.4 is 5.32 Å². The number of carbonyl (C=O) groups excluding carboxylic acids is 1. The van der Waals surface area contributed by atoms with Gasteiger partial charge in [0.1, 0.15) is 6.10 Å². The van der Waals surface area contributed by atoms with Crippen LogP contribution in [0.5, 0.6) is 0 Å². The molecule has 0 saturated heterocycles. The van der Waals surface area contributed by atoms with E-state index in [4.69, 9.17) is 4.74 Å². The summed E-state index contributed by atoms with van der Waals surface area (Å²) in [5, 5.41) is 2.47. The number of carbonyl (C=O) groups is 1. The summed E-state index contributed by atoms with van der Waals surface area (Å²) in [6.45, 7) is 2.15. The summed E-state index contributed by atoms with van der Waals surface area (Å²) < 4.78 is 5.20. The third kappa shape index (κ3) is 2.40. The third-order valence-electron chi connectivity index (χ3n) is 2.50. The lowest BCUT2D eigenvalue weighted by Gasteiger charge is -2.27. The van der Waals surface area contributed by atoms with Gasteiger partial charge in [0.05, 0.1) is 0 Å². The molecule has 1 amide bonds. The third-order valence-corrected chi connectivity index (χ3v) is 2.50. The lowest BCUT2D eigenvalue weighted by atomic mass is 9.88. The first kappa shape index (κ1) is 9.36. The second-order valence-electron chi connectivity index (χ2n) is 3.46. The van der Waals surface area contributed by atoms with Crippen molar-refractivity contribution in [3.63, 3.8) is 0 Å². The largest absolute Gasteiger partial charge is 0.446 e. The molecular weight excluding hydrogens is 154 g/mol. The molecule has 3 heteroatoms. The molecule has 0 bridgehead atoms. The fourth-order valence-electron chi connectivity index (χ4n) is 1.65. The van der Waals surface area contributed by atoms with Crippen molar-refractivity contribution < 1.29 is 9.53 Å². The molecule has 2 unspecified atom stereocenters. The predicted molar refractivity (Wildman–Crippen MR) is 47.0 cm³/mol. The first-order valence-corrected chi connectivity index (χ1v) is 4.62. The monoisotopic (exact) mass is 171 g/mol. The van der Waals surface area contributed by atoms with E-state index in [1.807, 2.05) is 0 Å². The number of nitrogens with one attached hydrogen (secondary N) is 1. The zero-order valence-corrected chi connectivity index (χ0v) is 7.80. The Morgan fingerprint density at radius 2 is 2.08 bits per heavy atom. The average Bonchev–Trinajstić information content (AvgIpc) is 2.09. The average molecular weight is 171 g/mol. The molecule has 0 aliphatic heterocycles. The molecule has 1 N–H and O–H groups in total. The van der Waals surface area contributed by atoms with E-state index in [0.29, 0.717) is 5.92 Å². The summed E-state index contributed by atoms with van der Waals surface area (Å²) in [4.78, 5) is 10.9. The van der Waals surface area contributed by atoms with Crippen LogP contribution in [0.15, 0.2) is 0 Å². The highest BCUT2D eigenvalue weighted by Crippen LogP contribution is 2.26. The Morgan fingerprint density at radius 1 is 1.42 bits per heavy atom. The number of rotatable bonds is 1. The highest BCUT2D eigenvalue weighted by atomic mass is 16.6. The topological polar surface area (TPSA) is 38.3 Å². The highest BCUT2D eigenvalue weighted by Gasteiger charge is 2.24. The van der Waals surface area contributed by atoms with E-state index in [1.54, 1.807) is 7.05 Å². The van der Waals surface area contributed by atoms with Crippen molar-refractivity contribution in [2.75, 3.05) is 7.05 Å². The van der Waals surface area contributed by atoms with Gasteiger partial charge in [0.25, 0.3) is 0 Å². The minimum Gasteiger partial charge on any atom is -0.446 e. The van der Waals surface area contributed by atoms with Crippen LogP contribution in [0.3, 0.4) is 0 Å². The molecular formula is C9H17NO2. The van der Waals surface area contributed by atoms with E-state index in [2.05, 4.69) is 12.2 Å². The quantitative estimate of drug-likeness (QED) is 0.654. The van der Waals surface area contributed by atoms with Crippen LogP contribution >= 0.6 is 0 Å². The van der Waals surface area contributed by atoms with Crippen LogP contribution in [0, 0.1) is 5.92 Å². The van der Waals surface area contributed by atoms with Gasteiger partial charge >= 0.3 is 6.09 Å². The van der Waals surface area contributed by atoms with Crippen molar-refractivity contribution in [1.82, 2.24) is 5.32 Å². The lowest BCUT2D eigenvalue weighted by molar-refractivity contribution is 0.0447. The summed E-state index contributed by atoms with van der Waals surface area (Å²) in [6, 6.07) is 0. The second-order valence-corrected chi connectivity index (χ2v) is 3.46. The van der Waals surface area contributed by atoms with E-state index in [0.717, 1.165) is 6.42 Å². The maximum absolute atomic E-state index is 10.9. The summed E-state index contributed by atoms with van der Waals surface area (Å²) in [5.74, 6) is 0.524. The Bertz CT molecular complexity index is 159. The second kappa shape index (κ2) is 4.33. The van der Waals surface area contributed by atoms with Gasteiger partial charge in [0, 0.05) is 7.05 Å². The maximum atomic E-state index is 10.9. The number of amides is 1. The molecule has 0 heterocycles. The van der Waals surface area contributed by atoms with Gasteiger partial charge in [-0.2, -0.15) is 0 Å². The van der Waals surface area contributed by atoms with E-state index >= 15 is 0 Å². The smallest absolute Gasteiger partial charge is 0.407 e. The zero-order valence-electron chi connectivity index (χ0n) is 7.80. The maximum Gasteiger partial charge on any atom is 0.407 e. The van der Waals surface area contributed by atoms with E-state index in [9.17, 15) is 4.79 Å². The number of hydrogen-bond acceptors (Lipinski definition) is 2. The molecule has 0 radical (unpaired) electrons. The molecule has 12 heavy (non-hydrogen) atoms. The molecule has 0 aromatic rings. The van der Waals surface area contributed by atoms with Gasteiger partial charge in [-0.1, -0.05) is 13.3 Å². The number of alkyl carbamates (subject to hydrolysis) is 1. The van der Waals surface area contributed by atoms with Crippen molar-refractivity contribution in [3.05, 3.63) is 0 Å². The minimum atomic E-state index is -0.297. The molecule has 1 rings (SSSR count). The van der Waals surface area contributed by atoms with Gasteiger partial charge < -0.3 is 10.1 Å². The minimum absolute atomic E-state index is 0.138. The first-order chi connectivity index (χ1) is 5.74. The Balaban J connectivity index is 2.33. The zero-order chi connectivity index (χ0) is 8.97. The molecule has 1 aliphatic carbocycles. The van der Waals surface area contributed by atoms with Crippen LogP contribution in [0.25, 0.3) is 0 Å². The fraction of sp³-hybridized carbons (Fsp3) is 0.889. The Morgan fingerprint density at radius 3 is 2.67 bits per heavy atom. The van der Waals surface area contributed by atoms with Gasteiger partial charge in [-0.15, -0.1) is 0 Å². The van der Waals surface area contributed by atoms with Crippen LogP contribution in [-0.4, -0.2) is 19.2 Å². The van der Waals surface area contributed by atoms with E-state index < -0.39 is 0 Å². The van der Waals surface area contributed by atoms with Gasteiger partial charge in [-0.3, -0.25) is 0 Å². The molecule has 0 aromatic carbocycles. The normalized spacial score (nSPS) is 29.5. The lowest BCUT2D eigenvalue weighted by Crippen LogP contribution is -2.32. The number of ether oxygens (including phenoxy) is 1. The predicted octanol–water partition coefficient (Wildman–Crippen LogP) is 1.92. The van der Waals surface area contributed by atoms with Crippen molar-refractivity contribution in [2.24, 2.45) is 5.92 Å². The molecule has 0 aromatic heterocycles. The summed E-state index contributed by atoms with van der Waals surface area (Å²) in [7, 11) is 1.59. The molecule has 1 aliphatic rings. The summed E-state index contributed by atoms with van der Waals surface area (Å²) >= 11 is 0. The molecule has 3 nitrogen and oxygen atoms in total. The molecule has 2 atom stereocenters. The van der Waals surface area contributed by atoms with Crippen LogP contribution in [0.1, 0.15) is 32.6 Å². The van der Waals surface area contributed by atoms with Crippen molar-refractivity contribution >= 4 is 6.09 Å². The van der Waals surface area contributed by atoms with Gasteiger partial charge in [-0.25, -0.2) is 4.79 Å². The standard InChI is InChI=1S/C9H17NO2/c1-7-5-3-4-6-8(7)12-9(11)10-2/h7-8H,3-6H2,1-2H3,(H,10,11). The van der Waals surface area contributed by atoms with E-state index in [1.165, 1.54) is 19.3 Å². The van der Waals surface area contributed by atoms with Gasteiger partial charge in [0.2, 0.25) is 0 Å². The SMILES string of the molecule is CNC(=O)OC1CCCCC1C. The van der Waals surface area contributed by atoms with E-state index in [-0.39, 0.29) is 12.2 Å². The Labute approximate surface area is 73.5 Å². The summed E-state index contributed by atoms with van der Waals surface area (Å²) in [5.41, 5.74) is 0. The van der Waals surface area contributed by atoms with Crippen molar-refractivity contribution in [1.29, 1.82) is 0 Å². The van der Waals surface area contributed by atoms with Crippen LogP contribution in [0.4, 0.5) is 4.79 Å². The first-order valence-electron chi connectivity index (χ1n) is 4.62. The molecule has 1 fully saturated rings. The molecule has 70 valence electrons. The molecule has 1 saturated carbocycles. The molecule has 0 spiro atoms. The fourth-order valence-corrected chi connectivity index (χ4v) is 1.65. The Kier molecular flexibility index (Phi) is 3.38. The van der Waals surface area contributed by atoms with Gasteiger partial charge in [-0.05, 0) is 25.2 Å².